The lowest BCUT2D eigenvalue weighted by Gasteiger charge is -2.35. The van der Waals surface area contributed by atoms with Gasteiger partial charge in [0.15, 0.2) is 0 Å². The minimum Gasteiger partial charge on any atom is -0.378 e. The second-order valence-corrected chi connectivity index (χ2v) is 9.36. The average Bonchev–Trinajstić information content (AvgIpc) is 3.16. The minimum absolute atomic E-state index is 0.0714. The van der Waals surface area contributed by atoms with Crippen molar-refractivity contribution >= 4 is 15.9 Å². The fourth-order valence-electron chi connectivity index (χ4n) is 4.26. The van der Waals surface area contributed by atoms with Crippen molar-refractivity contribution in [3.05, 3.63) is 29.3 Å². The van der Waals surface area contributed by atoms with Gasteiger partial charge in [-0.3, -0.25) is 4.79 Å². The molecule has 6 nitrogen and oxygen atoms in total. The van der Waals surface area contributed by atoms with E-state index in [2.05, 4.69) is 0 Å². The number of hydrogen-bond acceptors (Lipinski definition) is 4. The van der Waals surface area contributed by atoms with E-state index in [9.17, 15) is 13.2 Å². The van der Waals surface area contributed by atoms with E-state index in [0.717, 1.165) is 37.7 Å². The highest BCUT2D eigenvalue weighted by molar-refractivity contribution is 7.89. The van der Waals surface area contributed by atoms with E-state index >= 15 is 0 Å². The molecule has 1 aromatic carbocycles. The number of fused-ring (bicyclic) bond motifs is 1. The topological polar surface area (TPSA) is 66.9 Å². The van der Waals surface area contributed by atoms with E-state index in [1.807, 2.05) is 17.0 Å². The summed E-state index contributed by atoms with van der Waals surface area (Å²) in [6.07, 6.45) is 4.57. The maximum atomic E-state index is 13.1. The van der Waals surface area contributed by atoms with Crippen molar-refractivity contribution < 1.29 is 17.9 Å². The predicted molar refractivity (Wildman–Crippen MR) is 97.3 cm³/mol. The van der Waals surface area contributed by atoms with Gasteiger partial charge in [-0.25, -0.2) is 8.42 Å². The third kappa shape index (κ3) is 3.40. The van der Waals surface area contributed by atoms with Crippen LogP contribution < -0.4 is 0 Å². The van der Waals surface area contributed by atoms with Crippen LogP contribution in [0, 0.1) is 5.92 Å². The number of sulfonamides is 1. The molecule has 2 aliphatic heterocycles. The van der Waals surface area contributed by atoms with E-state index in [-0.39, 0.29) is 18.4 Å². The number of benzene rings is 1. The first-order valence-electron chi connectivity index (χ1n) is 9.54. The zero-order valence-corrected chi connectivity index (χ0v) is 15.8. The Kier molecular flexibility index (Phi) is 5.03. The first-order valence-corrected chi connectivity index (χ1v) is 11.0. The second kappa shape index (κ2) is 7.29. The summed E-state index contributed by atoms with van der Waals surface area (Å²) in [4.78, 5) is 15.0. The van der Waals surface area contributed by atoms with Crippen LogP contribution in [0.2, 0.25) is 0 Å². The van der Waals surface area contributed by atoms with Gasteiger partial charge in [-0.05, 0) is 55.4 Å². The highest BCUT2D eigenvalue weighted by Gasteiger charge is 2.35. The van der Waals surface area contributed by atoms with Crippen LogP contribution in [0.5, 0.6) is 0 Å². The Morgan fingerprint density at radius 1 is 1.04 bits per heavy atom. The van der Waals surface area contributed by atoms with Crippen LogP contribution in [0.15, 0.2) is 23.1 Å². The van der Waals surface area contributed by atoms with Crippen molar-refractivity contribution in [2.45, 2.75) is 37.0 Å². The normalized spacial score (nSPS) is 24.5. The van der Waals surface area contributed by atoms with Gasteiger partial charge in [0.1, 0.15) is 0 Å². The summed E-state index contributed by atoms with van der Waals surface area (Å²) in [7, 11) is -3.54. The molecule has 1 aliphatic carbocycles. The lowest BCUT2D eigenvalue weighted by molar-refractivity contribution is -0.140. The van der Waals surface area contributed by atoms with Crippen molar-refractivity contribution in [3.8, 4) is 0 Å². The quantitative estimate of drug-likeness (QED) is 0.798. The first kappa shape index (κ1) is 17.9. The maximum Gasteiger partial charge on any atom is 0.243 e. The van der Waals surface area contributed by atoms with E-state index < -0.39 is 10.0 Å². The Balaban J connectivity index is 1.50. The van der Waals surface area contributed by atoms with Gasteiger partial charge in [0.05, 0.1) is 24.0 Å². The molecule has 4 rings (SSSR count). The monoisotopic (exact) mass is 378 g/mol. The molecular formula is C19H26N2O4S. The van der Waals surface area contributed by atoms with Crippen LogP contribution in [0.4, 0.5) is 0 Å². The van der Waals surface area contributed by atoms with Gasteiger partial charge in [-0.2, -0.15) is 4.31 Å². The van der Waals surface area contributed by atoms with Gasteiger partial charge in [0.25, 0.3) is 0 Å². The molecule has 0 bridgehead atoms. The summed E-state index contributed by atoms with van der Waals surface area (Å²) in [5, 5.41) is 0. The Bertz CT molecular complexity index is 787. The molecule has 142 valence electrons. The fraction of sp³-hybridized carbons (Fsp3) is 0.632. The number of carbonyl (C=O) groups excluding carboxylic acids is 1. The zero-order valence-electron chi connectivity index (χ0n) is 15.0. The van der Waals surface area contributed by atoms with Gasteiger partial charge < -0.3 is 9.64 Å². The predicted octanol–water partition coefficient (Wildman–Crippen LogP) is 1.43. The summed E-state index contributed by atoms with van der Waals surface area (Å²) in [6.45, 7) is 3.12. The van der Waals surface area contributed by atoms with Gasteiger partial charge in [0.2, 0.25) is 15.9 Å². The van der Waals surface area contributed by atoms with Crippen LogP contribution in [-0.2, 0) is 32.4 Å². The molecule has 1 atom stereocenters. The SMILES string of the molecule is O=C([C@@H]1CCCN(S(=O)(=O)c2ccc3c(c2)CCC3)C1)N1CCOCC1. The van der Waals surface area contributed by atoms with Crippen molar-refractivity contribution in [3.63, 3.8) is 0 Å². The molecule has 0 aromatic heterocycles. The largest absolute Gasteiger partial charge is 0.378 e. The number of rotatable bonds is 3. The standard InChI is InChI=1S/C19H26N2O4S/c22-19(20-9-11-25-12-10-20)17-5-2-8-21(14-17)26(23,24)18-7-6-15-3-1-4-16(15)13-18/h6-7,13,17H,1-5,8-12,14H2/t17-/m1/s1. The molecule has 2 saturated heterocycles. The smallest absolute Gasteiger partial charge is 0.243 e. The van der Waals surface area contributed by atoms with E-state index in [0.29, 0.717) is 37.7 Å². The molecule has 3 aliphatic rings. The highest BCUT2D eigenvalue weighted by Crippen LogP contribution is 2.29. The van der Waals surface area contributed by atoms with Crippen LogP contribution in [0.3, 0.4) is 0 Å². The summed E-state index contributed by atoms with van der Waals surface area (Å²) in [5.41, 5.74) is 2.42. The van der Waals surface area contributed by atoms with Gasteiger partial charge in [-0.15, -0.1) is 0 Å². The minimum atomic E-state index is -3.54. The third-order valence-electron chi connectivity index (χ3n) is 5.76. The summed E-state index contributed by atoms with van der Waals surface area (Å²) in [5.74, 6) is -0.173. The molecule has 0 saturated carbocycles. The summed E-state index contributed by atoms with van der Waals surface area (Å²) >= 11 is 0. The van der Waals surface area contributed by atoms with Crippen molar-refractivity contribution in [1.29, 1.82) is 0 Å². The molecule has 0 radical (unpaired) electrons. The maximum absolute atomic E-state index is 13.1. The van der Waals surface area contributed by atoms with Crippen LogP contribution in [-0.4, -0.2) is 62.9 Å². The number of nitrogens with zero attached hydrogens (tertiary/aromatic N) is 2. The molecule has 1 amide bonds. The Labute approximate surface area is 155 Å². The highest BCUT2D eigenvalue weighted by atomic mass is 32.2. The molecule has 0 N–H and O–H groups in total. The number of carbonyl (C=O) groups is 1. The molecule has 2 fully saturated rings. The number of hydrogen-bond donors (Lipinski definition) is 0. The number of ether oxygens (including phenoxy) is 1. The summed E-state index contributed by atoms with van der Waals surface area (Å²) in [6, 6.07) is 5.52. The second-order valence-electron chi connectivity index (χ2n) is 7.42. The van der Waals surface area contributed by atoms with Gasteiger partial charge in [-0.1, -0.05) is 6.07 Å². The lowest BCUT2D eigenvalue weighted by Crippen LogP contribution is -2.49. The van der Waals surface area contributed by atoms with E-state index in [4.69, 9.17) is 4.74 Å². The Morgan fingerprint density at radius 3 is 2.62 bits per heavy atom. The number of amides is 1. The average molecular weight is 378 g/mol. The van der Waals surface area contributed by atoms with Crippen molar-refractivity contribution in [2.24, 2.45) is 5.92 Å². The van der Waals surface area contributed by atoms with E-state index in [1.165, 1.54) is 9.87 Å². The zero-order chi connectivity index (χ0) is 18.1. The molecule has 7 heteroatoms. The molecular weight excluding hydrogens is 352 g/mol. The Hall–Kier alpha value is -1.44. The summed E-state index contributed by atoms with van der Waals surface area (Å²) < 4.78 is 33.0. The lowest BCUT2D eigenvalue weighted by atomic mass is 9.98. The third-order valence-corrected chi connectivity index (χ3v) is 7.62. The fourth-order valence-corrected chi connectivity index (χ4v) is 5.84. The van der Waals surface area contributed by atoms with Gasteiger partial charge >= 0.3 is 0 Å². The molecule has 0 spiro atoms. The van der Waals surface area contributed by atoms with Crippen molar-refractivity contribution in [1.82, 2.24) is 9.21 Å². The van der Waals surface area contributed by atoms with Crippen LogP contribution in [0.1, 0.15) is 30.4 Å². The molecule has 26 heavy (non-hydrogen) atoms. The number of piperidine rings is 1. The van der Waals surface area contributed by atoms with Gasteiger partial charge in [0, 0.05) is 26.2 Å². The number of morpholine rings is 1. The molecule has 1 aromatic rings. The Morgan fingerprint density at radius 2 is 1.81 bits per heavy atom. The first-order chi connectivity index (χ1) is 12.6. The van der Waals surface area contributed by atoms with Crippen molar-refractivity contribution in [2.75, 3.05) is 39.4 Å². The molecule has 0 unspecified atom stereocenters. The number of aryl methyl sites for hydroxylation is 2. The molecule has 2 heterocycles. The van der Waals surface area contributed by atoms with E-state index in [1.54, 1.807) is 6.07 Å². The van der Waals surface area contributed by atoms with Crippen LogP contribution >= 0.6 is 0 Å². The van der Waals surface area contributed by atoms with Crippen LogP contribution in [0.25, 0.3) is 0 Å².